The average molecular weight is 176 g/mol. The van der Waals surface area contributed by atoms with Gasteiger partial charge in [-0.05, 0) is 74.0 Å². The van der Waals surface area contributed by atoms with Gasteiger partial charge in [0.05, 0.1) is 0 Å². The predicted octanol–water partition coefficient (Wildman–Crippen LogP) is 3.47. The van der Waals surface area contributed by atoms with Crippen molar-refractivity contribution >= 4 is 0 Å². The van der Waals surface area contributed by atoms with Gasteiger partial charge in [0.1, 0.15) is 0 Å². The zero-order valence-corrected chi connectivity index (χ0v) is 8.41. The fraction of sp³-hybridized carbons (Fsp3) is 1.00. The zero-order valence-electron chi connectivity index (χ0n) is 8.41. The second-order valence-corrected chi connectivity index (χ2v) is 6.35. The van der Waals surface area contributed by atoms with E-state index in [1.807, 2.05) is 0 Å². The summed E-state index contributed by atoms with van der Waals surface area (Å²) in [6, 6.07) is 0. The first kappa shape index (κ1) is 7.31. The van der Waals surface area contributed by atoms with E-state index < -0.39 is 0 Å². The van der Waals surface area contributed by atoms with E-state index in [4.69, 9.17) is 0 Å². The van der Waals surface area contributed by atoms with Gasteiger partial charge in [-0.25, -0.2) is 0 Å². The van der Waals surface area contributed by atoms with Gasteiger partial charge in [-0.15, -0.1) is 0 Å². The molecule has 13 heavy (non-hydrogen) atoms. The summed E-state index contributed by atoms with van der Waals surface area (Å²) in [5.74, 6) is 7.14. The van der Waals surface area contributed by atoms with E-state index in [0.29, 0.717) is 0 Å². The van der Waals surface area contributed by atoms with E-state index in [0.717, 1.165) is 5.92 Å². The molecular formula is C13H20. The van der Waals surface area contributed by atoms with Crippen molar-refractivity contribution in [2.75, 3.05) is 0 Å². The molecule has 6 unspecified atom stereocenters. The molecule has 4 saturated carbocycles. The summed E-state index contributed by atoms with van der Waals surface area (Å²) in [6.45, 7) is 0. The van der Waals surface area contributed by atoms with Crippen LogP contribution in [0.25, 0.3) is 0 Å². The topological polar surface area (TPSA) is 0 Å². The van der Waals surface area contributed by atoms with Gasteiger partial charge in [-0.3, -0.25) is 0 Å². The van der Waals surface area contributed by atoms with Crippen LogP contribution < -0.4 is 0 Å². The SMILES string of the molecule is C1CC2CC3CC1CC1CC(C3)C21. The third-order valence-electron chi connectivity index (χ3n) is 5.76. The maximum absolute atomic E-state index is 1.63. The molecular weight excluding hydrogens is 156 g/mol. The lowest BCUT2D eigenvalue weighted by molar-refractivity contribution is -0.0592. The fourth-order valence-corrected chi connectivity index (χ4v) is 5.46. The monoisotopic (exact) mass is 176 g/mol. The largest absolute Gasteiger partial charge is 0.0502 e. The van der Waals surface area contributed by atoms with E-state index in [2.05, 4.69) is 0 Å². The highest BCUT2D eigenvalue weighted by atomic mass is 14.6. The molecule has 0 aromatic rings. The van der Waals surface area contributed by atoms with E-state index in [9.17, 15) is 0 Å². The summed E-state index contributed by atoms with van der Waals surface area (Å²) in [5, 5.41) is 0. The summed E-state index contributed by atoms with van der Waals surface area (Å²) >= 11 is 0. The van der Waals surface area contributed by atoms with Crippen molar-refractivity contribution in [3.8, 4) is 0 Å². The third-order valence-corrected chi connectivity index (χ3v) is 5.76. The molecule has 0 radical (unpaired) electrons. The molecule has 0 saturated heterocycles. The second-order valence-electron chi connectivity index (χ2n) is 6.35. The predicted molar refractivity (Wildman–Crippen MR) is 53.3 cm³/mol. The maximum atomic E-state index is 1.63. The molecule has 4 fully saturated rings. The molecule has 72 valence electrons. The van der Waals surface area contributed by atoms with Crippen LogP contribution in [0.15, 0.2) is 0 Å². The smallest absolute Gasteiger partial charge is 0.0328 e. The first-order chi connectivity index (χ1) is 6.40. The van der Waals surface area contributed by atoms with Crippen molar-refractivity contribution in [3.05, 3.63) is 0 Å². The van der Waals surface area contributed by atoms with E-state index in [1.54, 1.807) is 44.9 Å². The molecule has 0 N–H and O–H groups in total. The summed E-state index contributed by atoms with van der Waals surface area (Å²) in [7, 11) is 0. The minimum Gasteiger partial charge on any atom is -0.0502 e. The molecule has 4 aliphatic rings. The Bertz CT molecular complexity index is 224. The third kappa shape index (κ3) is 0.877. The van der Waals surface area contributed by atoms with Crippen LogP contribution in [0.2, 0.25) is 0 Å². The highest BCUT2D eigenvalue weighted by Crippen LogP contribution is 2.62. The number of hydrogen-bond acceptors (Lipinski definition) is 0. The van der Waals surface area contributed by atoms with E-state index in [-0.39, 0.29) is 0 Å². The highest BCUT2D eigenvalue weighted by Gasteiger charge is 2.53. The van der Waals surface area contributed by atoms with Crippen molar-refractivity contribution in [2.24, 2.45) is 35.5 Å². The van der Waals surface area contributed by atoms with Crippen LogP contribution in [0.4, 0.5) is 0 Å². The molecule has 0 heteroatoms. The minimum atomic E-state index is 1.16. The van der Waals surface area contributed by atoms with Crippen LogP contribution in [0.1, 0.15) is 44.9 Å². The number of hydrogen-bond donors (Lipinski definition) is 0. The minimum absolute atomic E-state index is 1.16. The van der Waals surface area contributed by atoms with Gasteiger partial charge in [-0.1, -0.05) is 6.42 Å². The van der Waals surface area contributed by atoms with Crippen molar-refractivity contribution in [3.63, 3.8) is 0 Å². The van der Waals surface area contributed by atoms with Crippen LogP contribution in [0, 0.1) is 35.5 Å². The molecule has 0 heterocycles. The Labute approximate surface area is 81.1 Å². The first-order valence-corrected chi connectivity index (χ1v) is 6.40. The van der Waals surface area contributed by atoms with E-state index >= 15 is 0 Å². The second kappa shape index (κ2) is 2.32. The lowest BCUT2D eigenvalue weighted by Crippen LogP contribution is -2.47. The average Bonchev–Trinajstić information content (AvgIpc) is 2.26. The Morgan fingerprint density at radius 1 is 0.538 bits per heavy atom. The molecule has 4 rings (SSSR count). The van der Waals surface area contributed by atoms with Crippen LogP contribution in [-0.4, -0.2) is 0 Å². The molecule has 0 aromatic carbocycles. The molecule has 0 aromatic heterocycles. The Balaban J connectivity index is 1.77. The quantitative estimate of drug-likeness (QED) is 0.530. The van der Waals surface area contributed by atoms with Crippen LogP contribution in [0.5, 0.6) is 0 Å². The van der Waals surface area contributed by atoms with Crippen molar-refractivity contribution in [1.82, 2.24) is 0 Å². The van der Waals surface area contributed by atoms with Gasteiger partial charge in [0.2, 0.25) is 0 Å². The molecule has 0 nitrogen and oxygen atoms in total. The summed E-state index contributed by atoms with van der Waals surface area (Å²) in [4.78, 5) is 0. The Morgan fingerprint density at radius 2 is 1.31 bits per heavy atom. The fourth-order valence-electron chi connectivity index (χ4n) is 5.46. The van der Waals surface area contributed by atoms with Gasteiger partial charge < -0.3 is 0 Å². The molecule has 0 spiro atoms. The lowest BCUT2D eigenvalue weighted by atomic mass is 9.50. The highest BCUT2D eigenvalue weighted by molar-refractivity contribution is 5.03. The molecule has 0 amide bonds. The van der Waals surface area contributed by atoms with Gasteiger partial charge in [-0.2, -0.15) is 0 Å². The number of fused-ring (bicyclic) bond motifs is 3. The van der Waals surface area contributed by atoms with Crippen LogP contribution in [-0.2, 0) is 0 Å². The Kier molecular flexibility index (Phi) is 1.31. The first-order valence-electron chi connectivity index (χ1n) is 6.40. The molecule has 3 bridgehead atoms. The Morgan fingerprint density at radius 3 is 2.23 bits per heavy atom. The summed E-state index contributed by atoms with van der Waals surface area (Å²) in [5.41, 5.74) is 0. The summed E-state index contributed by atoms with van der Waals surface area (Å²) in [6.07, 6.45) is 11.4. The Hall–Kier alpha value is 0. The van der Waals surface area contributed by atoms with Crippen molar-refractivity contribution < 1.29 is 0 Å². The number of rotatable bonds is 0. The van der Waals surface area contributed by atoms with Gasteiger partial charge in [0.25, 0.3) is 0 Å². The van der Waals surface area contributed by atoms with Gasteiger partial charge in [0.15, 0.2) is 0 Å². The normalized spacial score (nSPS) is 62.8. The zero-order chi connectivity index (χ0) is 8.41. The van der Waals surface area contributed by atoms with Crippen LogP contribution >= 0.6 is 0 Å². The molecule has 4 aliphatic carbocycles. The lowest BCUT2D eigenvalue weighted by Gasteiger charge is -2.55. The van der Waals surface area contributed by atoms with Gasteiger partial charge >= 0.3 is 0 Å². The van der Waals surface area contributed by atoms with Crippen molar-refractivity contribution in [1.29, 1.82) is 0 Å². The molecule has 6 atom stereocenters. The van der Waals surface area contributed by atoms with Crippen molar-refractivity contribution in [2.45, 2.75) is 44.9 Å². The van der Waals surface area contributed by atoms with Gasteiger partial charge in [0, 0.05) is 0 Å². The molecule has 0 aliphatic heterocycles. The van der Waals surface area contributed by atoms with E-state index in [1.165, 1.54) is 29.6 Å². The maximum Gasteiger partial charge on any atom is -0.0328 e. The van der Waals surface area contributed by atoms with Crippen LogP contribution in [0.3, 0.4) is 0 Å². The standard InChI is InChI=1S/C13H20/c1-2-10-5-9-3-8(1)4-11-7-12(6-9)13(10)11/h8-13H,1-7H2. The summed E-state index contributed by atoms with van der Waals surface area (Å²) < 4.78 is 0.